The van der Waals surface area contributed by atoms with Gasteiger partial charge in [-0.3, -0.25) is 9.59 Å². The first-order valence-corrected chi connectivity index (χ1v) is 8.18. The number of carboxylic acid groups (broad SMARTS) is 1. The van der Waals surface area contributed by atoms with Crippen molar-refractivity contribution in [2.75, 3.05) is 19.6 Å². The van der Waals surface area contributed by atoms with Crippen LogP contribution in [0, 0.1) is 5.41 Å². The van der Waals surface area contributed by atoms with E-state index in [4.69, 9.17) is 0 Å². The van der Waals surface area contributed by atoms with Crippen LogP contribution in [-0.4, -0.2) is 47.6 Å². The van der Waals surface area contributed by atoms with E-state index < -0.39 is 11.4 Å². The van der Waals surface area contributed by atoms with Gasteiger partial charge in [-0.2, -0.15) is 0 Å². The molecule has 1 aliphatic carbocycles. The SMILES string of the molecule is CCN(CC)CC(C)NC(=O)CC1(C(=O)O)CCCCC1. The lowest BCUT2D eigenvalue weighted by molar-refractivity contribution is -0.154. The van der Waals surface area contributed by atoms with Crippen LogP contribution in [0.15, 0.2) is 0 Å². The first-order chi connectivity index (χ1) is 9.93. The normalized spacial score (nSPS) is 19.2. The number of aliphatic carboxylic acids is 1. The fourth-order valence-electron chi connectivity index (χ4n) is 3.24. The van der Waals surface area contributed by atoms with Crippen molar-refractivity contribution in [3.63, 3.8) is 0 Å². The quantitative estimate of drug-likeness (QED) is 0.721. The molecule has 0 bridgehead atoms. The summed E-state index contributed by atoms with van der Waals surface area (Å²) in [5.74, 6) is -0.937. The first kappa shape index (κ1) is 18.0. The molecule has 1 rings (SSSR count). The van der Waals surface area contributed by atoms with Gasteiger partial charge >= 0.3 is 5.97 Å². The molecule has 0 aromatic rings. The number of hydrogen-bond donors (Lipinski definition) is 2. The summed E-state index contributed by atoms with van der Waals surface area (Å²) in [6, 6.07) is 0.0480. The number of carbonyl (C=O) groups excluding carboxylic acids is 1. The maximum Gasteiger partial charge on any atom is 0.310 e. The molecular formula is C16H30N2O3. The van der Waals surface area contributed by atoms with Crippen molar-refractivity contribution in [1.82, 2.24) is 10.2 Å². The number of amides is 1. The Kier molecular flexibility index (Phi) is 7.15. The highest BCUT2D eigenvalue weighted by Gasteiger charge is 2.41. The Morgan fingerprint density at radius 1 is 1.19 bits per heavy atom. The summed E-state index contributed by atoms with van der Waals surface area (Å²) in [7, 11) is 0. The largest absolute Gasteiger partial charge is 0.481 e. The van der Waals surface area contributed by atoms with E-state index in [9.17, 15) is 14.7 Å². The average Bonchev–Trinajstić information content (AvgIpc) is 2.45. The number of nitrogens with zero attached hydrogens (tertiary/aromatic N) is 1. The second kappa shape index (κ2) is 8.37. The van der Waals surface area contributed by atoms with E-state index in [0.29, 0.717) is 12.8 Å². The van der Waals surface area contributed by atoms with Crippen molar-refractivity contribution in [2.24, 2.45) is 5.41 Å². The van der Waals surface area contributed by atoms with Crippen molar-refractivity contribution >= 4 is 11.9 Å². The van der Waals surface area contributed by atoms with Gasteiger partial charge in [-0.05, 0) is 32.9 Å². The van der Waals surface area contributed by atoms with Crippen molar-refractivity contribution in [1.29, 1.82) is 0 Å². The predicted octanol–water partition coefficient (Wildman–Crippen LogP) is 2.26. The van der Waals surface area contributed by atoms with E-state index in [1.807, 2.05) is 6.92 Å². The maximum absolute atomic E-state index is 12.2. The third-order valence-electron chi connectivity index (χ3n) is 4.60. The van der Waals surface area contributed by atoms with Crippen LogP contribution >= 0.6 is 0 Å². The van der Waals surface area contributed by atoms with Gasteiger partial charge in [-0.15, -0.1) is 0 Å². The van der Waals surface area contributed by atoms with E-state index in [-0.39, 0.29) is 18.4 Å². The summed E-state index contributed by atoms with van der Waals surface area (Å²) >= 11 is 0. The van der Waals surface area contributed by atoms with Gasteiger partial charge in [0.15, 0.2) is 0 Å². The number of carbonyl (C=O) groups is 2. The smallest absolute Gasteiger partial charge is 0.310 e. The van der Waals surface area contributed by atoms with E-state index in [0.717, 1.165) is 38.9 Å². The van der Waals surface area contributed by atoms with Crippen LogP contribution in [0.3, 0.4) is 0 Å². The summed E-state index contributed by atoms with van der Waals surface area (Å²) in [6.45, 7) is 8.88. The molecule has 21 heavy (non-hydrogen) atoms. The minimum absolute atomic E-state index is 0.0480. The summed E-state index contributed by atoms with van der Waals surface area (Å²) in [5.41, 5.74) is -0.836. The molecule has 0 spiro atoms. The van der Waals surface area contributed by atoms with Crippen LogP contribution in [0.2, 0.25) is 0 Å². The molecule has 1 fully saturated rings. The molecule has 0 heterocycles. The highest BCUT2D eigenvalue weighted by atomic mass is 16.4. The van der Waals surface area contributed by atoms with E-state index in [1.54, 1.807) is 0 Å². The summed E-state index contributed by atoms with van der Waals surface area (Å²) in [4.78, 5) is 26.0. The lowest BCUT2D eigenvalue weighted by atomic mass is 9.71. The molecule has 1 atom stereocenters. The molecule has 0 aromatic heterocycles. The Bertz CT molecular complexity index is 347. The number of hydrogen-bond acceptors (Lipinski definition) is 3. The van der Waals surface area contributed by atoms with E-state index >= 15 is 0 Å². The Balaban J connectivity index is 2.52. The number of carboxylic acids is 1. The molecule has 1 aliphatic rings. The van der Waals surface area contributed by atoms with Crippen LogP contribution in [0.4, 0.5) is 0 Å². The van der Waals surface area contributed by atoms with Gasteiger partial charge in [0.2, 0.25) is 5.91 Å². The lowest BCUT2D eigenvalue weighted by Gasteiger charge is -2.33. The Morgan fingerprint density at radius 3 is 2.24 bits per heavy atom. The van der Waals surface area contributed by atoms with Gasteiger partial charge < -0.3 is 15.3 Å². The van der Waals surface area contributed by atoms with Crippen LogP contribution in [0.1, 0.15) is 59.3 Å². The maximum atomic E-state index is 12.2. The molecule has 1 amide bonds. The van der Waals surface area contributed by atoms with Crippen LogP contribution in [-0.2, 0) is 9.59 Å². The number of likely N-dealkylation sites (N-methyl/N-ethyl adjacent to an activating group) is 1. The van der Waals surface area contributed by atoms with Crippen molar-refractivity contribution in [3.05, 3.63) is 0 Å². The van der Waals surface area contributed by atoms with Crippen LogP contribution in [0.5, 0.6) is 0 Å². The molecule has 0 saturated heterocycles. The fraction of sp³-hybridized carbons (Fsp3) is 0.875. The first-order valence-electron chi connectivity index (χ1n) is 8.18. The minimum Gasteiger partial charge on any atom is -0.481 e. The van der Waals surface area contributed by atoms with E-state index in [2.05, 4.69) is 24.1 Å². The lowest BCUT2D eigenvalue weighted by Crippen LogP contribution is -2.45. The second-order valence-corrected chi connectivity index (χ2v) is 6.28. The molecular weight excluding hydrogens is 268 g/mol. The zero-order valence-corrected chi connectivity index (χ0v) is 13.7. The fourth-order valence-corrected chi connectivity index (χ4v) is 3.24. The minimum atomic E-state index is -0.836. The van der Waals surface area contributed by atoms with Gasteiger partial charge in [0.25, 0.3) is 0 Å². The second-order valence-electron chi connectivity index (χ2n) is 6.28. The monoisotopic (exact) mass is 298 g/mol. The zero-order chi connectivity index (χ0) is 15.9. The highest BCUT2D eigenvalue weighted by molar-refractivity contribution is 5.85. The molecule has 1 unspecified atom stereocenters. The Labute approximate surface area is 128 Å². The van der Waals surface area contributed by atoms with Crippen LogP contribution in [0.25, 0.3) is 0 Å². The summed E-state index contributed by atoms with van der Waals surface area (Å²) in [5, 5.41) is 12.5. The number of rotatable bonds is 8. The highest BCUT2D eigenvalue weighted by Crippen LogP contribution is 2.39. The molecule has 5 heteroatoms. The van der Waals surface area contributed by atoms with Gasteiger partial charge in [-0.1, -0.05) is 33.1 Å². The molecule has 122 valence electrons. The Hall–Kier alpha value is -1.10. The summed E-state index contributed by atoms with van der Waals surface area (Å²) in [6.07, 6.45) is 4.27. The molecule has 2 N–H and O–H groups in total. The number of nitrogens with one attached hydrogen (secondary N) is 1. The van der Waals surface area contributed by atoms with Crippen molar-refractivity contribution < 1.29 is 14.7 Å². The Morgan fingerprint density at radius 2 is 1.76 bits per heavy atom. The molecule has 1 saturated carbocycles. The molecule has 0 aromatic carbocycles. The molecule has 0 radical (unpaired) electrons. The topological polar surface area (TPSA) is 69.6 Å². The van der Waals surface area contributed by atoms with Crippen molar-refractivity contribution in [2.45, 2.75) is 65.3 Å². The third-order valence-corrected chi connectivity index (χ3v) is 4.60. The van der Waals surface area contributed by atoms with Crippen LogP contribution < -0.4 is 5.32 Å². The van der Waals surface area contributed by atoms with Gasteiger partial charge in [0.05, 0.1) is 5.41 Å². The van der Waals surface area contributed by atoms with Gasteiger partial charge in [0.1, 0.15) is 0 Å². The predicted molar refractivity (Wildman–Crippen MR) is 83.2 cm³/mol. The van der Waals surface area contributed by atoms with Gasteiger partial charge in [0, 0.05) is 19.0 Å². The third kappa shape index (κ3) is 5.30. The van der Waals surface area contributed by atoms with Gasteiger partial charge in [-0.25, -0.2) is 0 Å². The standard InChI is InChI=1S/C16H30N2O3/c1-4-18(5-2)12-13(3)17-14(19)11-16(15(20)21)9-7-6-8-10-16/h13H,4-12H2,1-3H3,(H,17,19)(H,20,21). The zero-order valence-electron chi connectivity index (χ0n) is 13.7. The average molecular weight is 298 g/mol. The van der Waals surface area contributed by atoms with Crippen molar-refractivity contribution in [3.8, 4) is 0 Å². The molecule has 5 nitrogen and oxygen atoms in total. The molecule has 0 aliphatic heterocycles. The van der Waals surface area contributed by atoms with E-state index in [1.165, 1.54) is 0 Å². The summed E-state index contributed by atoms with van der Waals surface area (Å²) < 4.78 is 0.